The van der Waals surface area contributed by atoms with Crippen LogP contribution in [0.1, 0.15) is 30.9 Å². The van der Waals surface area contributed by atoms with E-state index in [2.05, 4.69) is 46.3 Å². The number of hydrogen-bond acceptors (Lipinski definition) is 3. The third-order valence-corrected chi connectivity index (χ3v) is 4.33. The summed E-state index contributed by atoms with van der Waals surface area (Å²) in [6.45, 7) is 6.58. The van der Waals surface area contributed by atoms with E-state index in [4.69, 9.17) is 4.74 Å². The fourth-order valence-electron chi connectivity index (χ4n) is 2.26. The highest BCUT2D eigenvalue weighted by molar-refractivity contribution is 7.07. The van der Waals surface area contributed by atoms with Gasteiger partial charge in [-0.15, -0.1) is 0 Å². The van der Waals surface area contributed by atoms with Crippen molar-refractivity contribution < 1.29 is 4.74 Å². The minimum Gasteiger partial charge on any atom is -0.496 e. The fourth-order valence-corrected chi connectivity index (χ4v) is 3.04. The highest BCUT2D eigenvalue weighted by atomic mass is 32.1. The van der Waals surface area contributed by atoms with E-state index in [1.807, 2.05) is 24.3 Å². The maximum absolute atomic E-state index is 5.38. The molecule has 0 amide bonds. The van der Waals surface area contributed by atoms with Crippen molar-refractivity contribution >= 4 is 17.3 Å². The first-order valence-corrected chi connectivity index (χ1v) is 8.85. The van der Waals surface area contributed by atoms with Crippen LogP contribution in [-0.4, -0.2) is 26.2 Å². The second kappa shape index (κ2) is 9.20. The van der Waals surface area contributed by atoms with Crippen LogP contribution in [0.2, 0.25) is 0 Å². The van der Waals surface area contributed by atoms with Crippen LogP contribution in [0.15, 0.2) is 46.1 Å². The maximum atomic E-state index is 5.38. The SMILES string of the molecule is CCNC(=NCc1ccccc1OC)NCC(C)c1ccsc1. The van der Waals surface area contributed by atoms with Crippen molar-refractivity contribution in [2.24, 2.45) is 4.99 Å². The van der Waals surface area contributed by atoms with Gasteiger partial charge in [-0.1, -0.05) is 25.1 Å². The fraction of sp³-hybridized carbons (Fsp3) is 0.389. The quantitative estimate of drug-likeness (QED) is 0.602. The molecule has 4 nitrogen and oxygen atoms in total. The Morgan fingerprint density at radius 3 is 2.78 bits per heavy atom. The van der Waals surface area contributed by atoms with Crippen molar-refractivity contribution in [3.8, 4) is 5.75 Å². The standard InChI is InChI=1S/C18H25N3OS/c1-4-19-18(20-11-14(2)16-9-10-23-13-16)21-12-15-7-5-6-8-17(15)22-3/h5-10,13-14H,4,11-12H2,1-3H3,(H2,19,20,21). The average molecular weight is 331 g/mol. The molecule has 124 valence electrons. The highest BCUT2D eigenvalue weighted by Crippen LogP contribution is 2.18. The molecule has 0 aliphatic rings. The number of ether oxygens (including phenoxy) is 1. The Kier molecular flexibility index (Phi) is 6.94. The number of thiophene rings is 1. The van der Waals surface area contributed by atoms with Crippen molar-refractivity contribution in [3.63, 3.8) is 0 Å². The average Bonchev–Trinajstić information content (AvgIpc) is 3.12. The van der Waals surface area contributed by atoms with Gasteiger partial charge in [-0.2, -0.15) is 11.3 Å². The van der Waals surface area contributed by atoms with E-state index in [9.17, 15) is 0 Å². The summed E-state index contributed by atoms with van der Waals surface area (Å²) in [5.41, 5.74) is 2.45. The van der Waals surface area contributed by atoms with Crippen LogP contribution < -0.4 is 15.4 Å². The molecule has 0 aliphatic carbocycles. The van der Waals surface area contributed by atoms with Gasteiger partial charge in [0.15, 0.2) is 5.96 Å². The minimum absolute atomic E-state index is 0.455. The molecule has 1 aromatic carbocycles. The maximum Gasteiger partial charge on any atom is 0.191 e. The summed E-state index contributed by atoms with van der Waals surface area (Å²) in [6, 6.07) is 10.2. The summed E-state index contributed by atoms with van der Waals surface area (Å²) in [4.78, 5) is 4.66. The van der Waals surface area contributed by atoms with E-state index in [1.165, 1.54) is 5.56 Å². The summed E-state index contributed by atoms with van der Waals surface area (Å²) in [6.07, 6.45) is 0. The summed E-state index contributed by atoms with van der Waals surface area (Å²) in [5.74, 6) is 2.16. The molecule has 0 fully saturated rings. The third kappa shape index (κ3) is 5.28. The van der Waals surface area contributed by atoms with Gasteiger partial charge in [0.25, 0.3) is 0 Å². The Hall–Kier alpha value is -2.01. The number of methoxy groups -OCH3 is 1. The molecule has 0 saturated carbocycles. The lowest BCUT2D eigenvalue weighted by atomic mass is 10.1. The molecular formula is C18H25N3OS. The van der Waals surface area contributed by atoms with Crippen LogP contribution in [0.3, 0.4) is 0 Å². The van der Waals surface area contributed by atoms with Crippen LogP contribution in [0, 0.1) is 0 Å². The predicted octanol–water partition coefficient (Wildman–Crippen LogP) is 3.62. The zero-order valence-electron chi connectivity index (χ0n) is 14.0. The Morgan fingerprint density at radius 2 is 2.09 bits per heavy atom. The number of rotatable bonds is 7. The number of aliphatic imine (C=N–C) groups is 1. The monoisotopic (exact) mass is 331 g/mol. The second-order valence-electron chi connectivity index (χ2n) is 5.35. The lowest BCUT2D eigenvalue weighted by molar-refractivity contribution is 0.410. The molecule has 0 spiro atoms. The molecule has 0 aliphatic heterocycles. The van der Waals surface area contributed by atoms with Crippen LogP contribution in [0.4, 0.5) is 0 Å². The molecular weight excluding hydrogens is 306 g/mol. The van der Waals surface area contributed by atoms with E-state index in [-0.39, 0.29) is 0 Å². The molecule has 1 unspecified atom stereocenters. The summed E-state index contributed by atoms with van der Waals surface area (Å²) in [5, 5.41) is 11.0. The van der Waals surface area contributed by atoms with Gasteiger partial charge in [-0.25, -0.2) is 4.99 Å². The number of hydrogen-bond donors (Lipinski definition) is 2. The van der Waals surface area contributed by atoms with Gasteiger partial charge in [0.05, 0.1) is 13.7 Å². The van der Waals surface area contributed by atoms with Crippen LogP contribution in [0.5, 0.6) is 5.75 Å². The summed E-state index contributed by atoms with van der Waals surface area (Å²) < 4.78 is 5.38. The first-order valence-electron chi connectivity index (χ1n) is 7.90. The molecule has 0 radical (unpaired) electrons. The van der Waals surface area contributed by atoms with Crippen LogP contribution in [-0.2, 0) is 6.54 Å². The molecule has 1 atom stereocenters. The topological polar surface area (TPSA) is 45.7 Å². The zero-order chi connectivity index (χ0) is 16.5. The minimum atomic E-state index is 0.455. The first-order chi connectivity index (χ1) is 11.2. The van der Waals surface area contributed by atoms with Gasteiger partial charge in [0.1, 0.15) is 5.75 Å². The lowest BCUT2D eigenvalue weighted by Gasteiger charge is -2.15. The zero-order valence-corrected chi connectivity index (χ0v) is 14.8. The molecule has 23 heavy (non-hydrogen) atoms. The molecule has 2 aromatic rings. The van der Waals surface area contributed by atoms with Crippen molar-refractivity contribution in [3.05, 3.63) is 52.2 Å². The highest BCUT2D eigenvalue weighted by Gasteiger charge is 2.07. The molecule has 0 saturated heterocycles. The predicted molar refractivity (Wildman–Crippen MR) is 98.5 cm³/mol. The Morgan fingerprint density at radius 1 is 1.26 bits per heavy atom. The Bertz CT molecular complexity index is 610. The third-order valence-electron chi connectivity index (χ3n) is 3.63. The summed E-state index contributed by atoms with van der Waals surface area (Å²) in [7, 11) is 1.69. The first kappa shape index (κ1) is 17.3. The van der Waals surface area contributed by atoms with E-state index in [0.717, 1.165) is 30.4 Å². The van der Waals surface area contributed by atoms with E-state index >= 15 is 0 Å². The van der Waals surface area contributed by atoms with Crippen molar-refractivity contribution in [2.45, 2.75) is 26.3 Å². The number of nitrogens with one attached hydrogen (secondary N) is 2. The smallest absolute Gasteiger partial charge is 0.191 e. The molecule has 0 bridgehead atoms. The van der Waals surface area contributed by atoms with E-state index < -0.39 is 0 Å². The van der Waals surface area contributed by atoms with Gasteiger partial charge in [-0.3, -0.25) is 0 Å². The number of guanidine groups is 1. The van der Waals surface area contributed by atoms with E-state index in [0.29, 0.717) is 12.5 Å². The number of para-hydroxylation sites is 1. The molecule has 5 heteroatoms. The van der Waals surface area contributed by atoms with Crippen molar-refractivity contribution in [1.82, 2.24) is 10.6 Å². The van der Waals surface area contributed by atoms with Gasteiger partial charge in [-0.05, 0) is 41.3 Å². The normalized spacial score (nSPS) is 12.7. The van der Waals surface area contributed by atoms with Gasteiger partial charge >= 0.3 is 0 Å². The van der Waals surface area contributed by atoms with Crippen molar-refractivity contribution in [1.29, 1.82) is 0 Å². The Balaban J connectivity index is 1.97. The van der Waals surface area contributed by atoms with Gasteiger partial charge in [0, 0.05) is 18.7 Å². The largest absolute Gasteiger partial charge is 0.496 e. The van der Waals surface area contributed by atoms with Crippen LogP contribution in [0.25, 0.3) is 0 Å². The van der Waals surface area contributed by atoms with Gasteiger partial charge < -0.3 is 15.4 Å². The molecule has 2 N–H and O–H groups in total. The summed E-state index contributed by atoms with van der Waals surface area (Å²) >= 11 is 1.74. The van der Waals surface area contributed by atoms with E-state index in [1.54, 1.807) is 18.4 Å². The molecule has 2 rings (SSSR count). The van der Waals surface area contributed by atoms with Gasteiger partial charge in [0.2, 0.25) is 0 Å². The lowest BCUT2D eigenvalue weighted by Crippen LogP contribution is -2.39. The van der Waals surface area contributed by atoms with Crippen LogP contribution >= 0.6 is 11.3 Å². The molecule has 1 aromatic heterocycles. The number of benzene rings is 1. The second-order valence-corrected chi connectivity index (χ2v) is 6.13. The Labute approximate surface area is 142 Å². The van der Waals surface area contributed by atoms with Crippen molar-refractivity contribution in [2.75, 3.05) is 20.2 Å². The molecule has 1 heterocycles. The number of nitrogens with zero attached hydrogens (tertiary/aromatic N) is 1.